The third-order valence-electron chi connectivity index (χ3n) is 5.09. The molecule has 2 aromatic heterocycles. The smallest absolute Gasteiger partial charge is 0.263 e. The number of furan rings is 1. The molecule has 31 heavy (non-hydrogen) atoms. The average Bonchev–Trinajstić information content (AvgIpc) is 3.40. The molecule has 0 spiro atoms. The molecule has 1 fully saturated rings. The Hall–Kier alpha value is -2.32. The Labute approximate surface area is 190 Å². The molecule has 3 aromatic rings. The van der Waals surface area contributed by atoms with Crippen molar-refractivity contribution in [2.24, 2.45) is 0 Å². The van der Waals surface area contributed by atoms with E-state index in [4.69, 9.17) is 36.8 Å². The van der Waals surface area contributed by atoms with Gasteiger partial charge in [-0.3, -0.25) is 9.69 Å². The van der Waals surface area contributed by atoms with Gasteiger partial charge in [-0.05, 0) is 36.8 Å². The molecule has 3 heterocycles. The van der Waals surface area contributed by atoms with Gasteiger partial charge in [-0.2, -0.15) is 0 Å². The fraction of sp³-hybridized carbons (Fsp3) is 0.364. The van der Waals surface area contributed by atoms with Crippen molar-refractivity contribution in [1.82, 2.24) is 15.2 Å². The molecule has 1 amide bonds. The number of halogens is 2. The van der Waals surface area contributed by atoms with E-state index in [9.17, 15) is 4.79 Å². The Bertz CT molecular complexity index is 1040. The van der Waals surface area contributed by atoms with Crippen LogP contribution in [0.3, 0.4) is 0 Å². The largest absolute Gasteiger partial charge is 0.459 e. The number of ether oxygens (including phenoxy) is 1. The van der Waals surface area contributed by atoms with Gasteiger partial charge in [-0.1, -0.05) is 29.3 Å². The van der Waals surface area contributed by atoms with Gasteiger partial charge in [0.05, 0.1) is 41.1 Å². The molecule has 0 saturated carbocycles. The molecule has 1 aromatic carbocycles. The van der Waals surface area contributed by atoms with Crippen LogP contribution in [-0.4, -0.2) is 48.1 Å². The number of hydrogen-bond donors (Lipinski definition) is 1. The summed E-state index contributed by atoms with van der Waals surface area (Å²) in [6, 6.07) is 9.18. The van der Waals surface area contributed by atoms with Gasteiger partial charge in [0.2, 0.25) is 5.91 Å². The normalized spacial score (nSPS) is 17.1. The summed E-state index contributed by atoms with van der Waals surface area (Å²) in [4.78, 5) is 19.1. The van der Waals surface area contributed by atoms with E-state index in [0.29, 0.717) is 52.8 Å². The van der Waals surface area contributed by atoms with Crippen LogP contribution < -0.4 is 5.32 Å². The SMILES string of the molecule is Cc1oc(-c2ccco2)nc1CC(=O)NCC1CN(Cc2ccc(Cl)c(Cl)c2)CCO1. The molecule has 164 valence electrons. The lowest BCUT2D eigenvalue weighted by Gasteiger charge is -2.33. The minimum Gasteiger partial charge on any atom is -0.459 e. The van der Waals surface area contributed by atoms with E-state index in [1.165, 1.54) is 0 Å². The van der Waals surface area contributed by atoms with E-state index < -0.39 is 0 Å². The Morgan fingerprint density at radius 1 is 1.29 bits per heavy atom. The van der Waals surface area contributed by atoms with Gasteiger partial charge in [0.15, 0.2) is 5.76 Å². The van der Waals surface area contributed by atoms with E-state index >= 15 is 0 Å². The highest BCUT2D eigenvalue weighted by molar-refractivity contribution is 6.42. The van der Waals surface area contributed by atoms with Crippen molar-refractivity contribution < 1.29 is 18.4 Å². The molecule has 0 aliphatic carbocycles. The second kappa shape index (κ2) is 9.87. The van der Waals surface area contributed by atoms with Crippen LogP contribution in [0.25, 0.3) is 11.7 Å². The van der Waals surface area contributed by atoms with Crippen LogP contribution in [0.1, 0.15) is 17.0 Å². The van der Waals surface area contributed by atoms with Gasteiger partial charge in [-0.25, -0.2) is 4.98 Å². The lowest BCUT2D eigenvalue weighted by molar-refractivity contribution is -0.121. The standard InChI is InChI=1S/C22H23Cl2N3O4/c1-14-19(26-22(31-14)20-3-2-7-30-20)10-21(28)25-11-16-13-27(6-8-29-16)12-15-4-5-17(23)18(24)9-15/h2-5,7,9,16H,6,8,10-13H2,1H3,(H,25,28). The highest BCUT2D eigenvalue weighted by Crippen LogP contribution is 2.24. The monoisotopic (exact) mass is 463 g/mol. The van der Waals surface area contributed by atoms with Gasteiger partial charge >= 0.3 is 0 Å². The number of nitrogens with zero attached hydrogens (tertiary/aromatic N) is 2. The molecular formula is C22H23Cl2N3O4. The molecule has 1 aliphatic rings. The third kappa shape index (κ3) is 5.68. The van der Waals surface area contributed by atoms with Crippen molar-refractivity contribution in [3.05, 3.63) is 63.7 Å². The second-order valence-electron chi connectivity index (χ2n) is 7.46. The number of nitrogens with one attached hydrogen (secondary N) is 1. The average molecular weight is 464 g/mol. The number of aromatic nitrogens is 1. The zero-order valence-corrected chi connectivity index (χ0v) is 18.6. The van der Waals surface area contributed by atoms with Crippen LogP contribution in [-0.2, 0) is 22.5 Å². The lowest BCUT2D eigenvalue weighted by atomic mass is 10.2. The molecule has 7 nitrogen and oxygen atoms in total. The molecule has 1 N–H and O–H groups in total. The van der Waals surface area contributed by atoms with Crippen molar-refractivity contribution in [3.8, 4) is 11.7 Å². The molecule has 9 heteroatoms. The first-order valence-corrected chi connectivity index (χ1v) is 10.8. The summed E-state index contributed by atoms with van der Waals surface area (Å²) in [6.45, 7) is 5.10. The quantitative estimate of drug-likeness (QED) is 0.567. The Morgan fingerprint density at radius 2 is 2.16 bits per heavy atom. The summed E-state index contributed by atoms with van der Waals surface area (Å²) in [5, 5.41) is 4.04. The van der Waals surface area contributed by atoms with Gasteiger partial charge in [0, 0.05) is 26.2 Å². The van der Waals surface area contributed by atoms with E-state index in [2.05, 4.69) is 15.2 Å². The Morgan fingerprint density at radius 3 is 2.94 bits per heavy atom. The maximum atomic E-state index is 12.4. The highest BCUT2D eigenvalue weighted by Gasteiger charge is 2.22. The first kappa shape index (κ1) is 21.9. The van der Waals surface area contributed by atoms with Crippen LogP contribution in [0.2, 0.25) is 10.0 Å². The number of carbonyl (C=O) groups excluding carboxylic acids is 1. The predicted molar refractivity (Wildman–Crippen MR) is 117 cm³/mol. The number of morpholine rings is 1. The summed E-state index contributed by atoms with van der Waals surface area (Å²) in [6.07, 6.45) is 1.60. The molecule has 0 radical (unpaired) electrons. The lowest BCUT2D eigenvalue weighted by Crippen LogP contribution is -2.47. The number of amides is 1. The summed E-state index contributed by atoms with van der Waals surface area (Å²) in [5.74, 6) is 1.38. The predicted octanol–water partition coefficient (Wildman–Crippen LogP) is 4.11. The molecule has 0 bridgehead atoms. The number of aryl methyl sites for hydroxylation is 1. The molecule has 1 saturated heterocycles. The minimum atomic E-state index is -0.132. The van der Waals surface area contributed by atoms with Gasteiger partial charge in [-0.15, -0.1) is 0 Å². The fourth-order valence-corrected chi connectivity index (χ4v) is 3.80. The zero-order valence-electron chi connectivity index (χ0n) is 17.1. The Kier molecular flexibility index (Phi) is 6.97. The molecular weight excluding hydrogens is 441 g/mol. The maximum Gasteiger partial charge on any atom is 0.263 e. The van der Waals surface area contributed by atoms with Crippen LogP contribution in [0.5, 0.6) is 0 Å². The van der Waals surface area contributed by atoms with E-state index in [-0.39, 0.29) is 18.4 Å². The summed E-state index contributed by atoms with van der Waals surface area (Å²) in [5.41, 5.74) is 1.68. The number of carbonyl (C=O) groups is 1. The zero-order chi connectivity index (χ0) is 21.8. The van der Waals surface area contributed by atoms with E-state index in [0.717, 1.165) is 18.7 Å². The number of benzene rings is 1. The van der Waals surface area contributed by atoms with Crippen molar-refractivity contribution >= 4 is 29.1 Å². The minimum absolute atomic E-state index is 0.0856. The number of hydrogen-bond acceptors (Lipinski definition) is 6. The molecule has 4 rings (SSSR count). The van der Waals surface area contributed by atoms with Gasteiger partial charge < -0.3 is 18.9 Å². The summed E-state index contributed by atoms with van der Waals surface area (Å²) < 4.78 is 16.7. The molecule has 1 aliphatic heterocycles. The summed E-state index contributed by atoms with van der Waals surface area (Å²) in [7, 11) is 0. The first-order chi connectivity index (χ1) is 15.0. The third-order valence-corrected chi connectivity index (χ3v) is 5.83. The summed E-state index contributed by atoms with van der Waals surface area (Å²) >= 11 is 12.1. The fourth-order valence-electron chi connectivity index (χ4n) is 3.48. The van der Waals surface area contributed by atoms with Gasteiger partial charge in [0.25, 0.3) is 5.89 Å². The highest BCUT2D eigenvalue weighted by atomic mass is 35.5. The number of rotatable bonds is 7. The van der Waals surface area contributed by atoms with Crippen molar-refractivity contribution in [2.75, 3.05) is 26.2 Å². The number of oxazole rings is 1. The molecule has 1 atom stereocenters. The topological polar surface area (TPSA) is 80.7 Å². The van der Waals surface area contributed by atoms with Crippen molar-refractivity contribution in [3.63, 3.8) is 0 Å². The maximum absolute atomic E-state index is 12.4. The van der Waals surface area contributed by atoms with E-state index in [1.807, 2.05) is 12.1 Å². The van der Waals surface area contributed by atoms with Gasteiger partial charge in [0.1, 0.15) is 5.76 Å². The van der Waals surface area contributed by atoms with Crippen LogP contribution in [0.15, 0.2) is 45.4 Å². The van der Waals surface area contributed by atoms with Crippen LogP contribution >= 0.6 is 23.2 Å². The Balaban J connectivity index is 1.27. The van der Waals surface area contributed by atoms with Crippen molar-refractivity contribution in [2.45, 2.75) is 26.0 Å². The van der Waals surface area contributed by atoms with E-state index in [1.54, 1.807) is 31.4 Å². The molecule has 1 unspecified atom stereocenters. The van der Waals surface area contributed by atoms with Crippen LogP contribution in [0, 0.1) is 6.92 Å². The van der Waals surface area contributed by atoms with Crippen molar-refractivity contribution in [1.29, 1.82) is 0 Å². The van der Waals surface area contributed by atoms with Crippen LogP contribution in [0.4, 0.5) is 0 Å². The first-order valence-electron chi connectivity index (χ1n) is 10.0. The second-order valence-corrected chi connectivity index (χ2v) is 8.27.